The van der Waals surface area contributed by atoms with Crippen molar-refractivity contribution in [1.29, 1.82) is 0 Å². The van der Waals surface area contributed by atoms with Crippen LogP contribution in [-0.2, 0) is 4.74 Å². The zero-order chi connectivity index (χ0) is 11.3. The topological polar surface area (TPSA) is 21.3 Å². The number of nitrogens with one attached hydrogen (secondary N) is 1. The molecule has 1 rings (SSSR count). The van der Waals surface area contributed by atoms with Gasteiger partial charge in [-0.2, -0.15) is 0 Å². The second kappa shape index (κ2) is 6.08. The average Bonchev–Trinajstić information content (AvgIpc) is 2.21. The fourth-order valence-corrected chi connectivity index (χ4v) is 1.71. The summed E-state index contributed by atoms with van der Waals surface area (Å²) in [7, 11) is 1.66. The van der Waals surface area contributed by atoms with Crippen LogP contribution in [0.25, 0.3) is 0 Å². The number of hydrogen-bond acceptors (Lipinski definition) is 2. The Hall–Kier alpha value is -0.610. The van der Waals surface area contributed by atoms with Gasteiger partial charge in [0.05, 0.1) is 5.69 Å². The molecule has 0 saturated carbocycles. The van der Waals surface area contributed by atoms with Crippen LogP contribution in [0, 0.1) is 5.82 Å². The minimum atomic E-state index is -0.242. The maximum atomic E-state index is 13.4. The summed E-state index contributed by atoms with van der Waals surface area (Å²) in [6, 6.07) is 5.10. The highest BCUT2D eigenvalue weighted by molar-refractivity contribution is 9.10. The molecule has 0 amide bonds. The van der Waals surface area contributed by atoms with Gasteiger partial charge in [-0.25, -0.2) is 4.39 Å². The van der Waals surface area contributed by atoms with Crippen molar-refractivity contribution in [2.75, 3.05) is 19.0 Å². The van der Waals surface area contributed by atoms with Gasteiger partial charge < -0.3 is 10.1 Å². The van der Waals surface area contributed by atoms with Crippen LogP contribution in [0.3, 0.4) is 0 Å². The van der Waals surface area contributed by atoms with Gasteiger partial charge in [0, 0.05) is 24.2 Å². The van der Waals surface area contributed by atoms with Crippen LogP contribution >= 0.6 is 15.9 Å². The van der Waals surface area contributed by atoms with E-state index in [0.717, 1.165) is 10.9 Å². The molecule has 15 heavy (non-hydrogen) atoms. The first kappa shape index (κ1) is 12.5. The van der Waals surface area contributed by atoms with Crippen LogP contribution in [0.5, 0.6) is 0 Å². The predicted molar refractivity (Wildman–Crippen MR) is 63.7 cm³/mol. The maximum Gasteiger partial charge on any atom is 0.147 e. The molecular weight excluding hydrogens is 261 g/mol. The van der Waals surface area contributed by atoms with E-state index in [4.69, 9.17) is 4.74 Å². The monoisotopic (exact) mass is 275 g/mol. The fourth-order valence-electron chi connectivity index (χ4n) is 1.25. The molecule has 1 aromatic carbocycles. The van der Waals surface area contributed by atoms with Crippen LogP contribution in [-0.4, -0.2) is 19.8 Å². The summed E-state index contributed by atoms with van der Waals surface area (Å²) in [5.74, 6) is -0.242. The number of halogens is 2. The number of benzene rings is 1. The van der Waals surface area contributed by atoms with Gasteiger partial charge in [-0.1, -0.05) is 6.07 Å². The van der Waals surface area contributed by atoms with Crippen LogP contribution in [0.4, 0.5) is 10.1 Å². The number of para-hydroxylation sites is 1. The minimum Gasteiger partial charge on any atom is -0.385 e. The van der Waals surface area contributed by atoms with Crippen molar-refractivity contribution in [2.24, 2.45) is 0 Å². The lowest BCUT2D eigenvalue weighted by molar-refractivity contribution is 0.191. The molecule has 4 heteroatoms. The van der Waals surface area contributed by atoms with E-state index < -0.39 is 0 Å². The van der Waals surface area contributed by atoms with Crippen LogP contribution in [0.2, 0.25) is 0 Å². The van der Waals surface area contributed by atoms with E-state index in [1.165, 1.54) is 6.07 Å². The van der Waals surface area contributed by atoms with Gasteiger partial charge in [0.2, 0.25) is 0 Å². The summed E-state index contributed by atoms with van der Waals surface area (Å²) in [5, 5.41) is 3.11. The van der Waals surface area contributed by atoms with Crippen molar-refractivity contribution in [3.05, 3.63) is 28.5 Å². The fraction of sp³-hybridized carbons (Fsp3) is 0.455. The van der Waals surface area contributed by atoms with Gasteiger partial charge in [0.15, 0.2) is 0 Å². The summed E-state index contributed by atoms with van der Waals surface area (Å²) in [4.78, 5) is 0. The van der Waals surface area contributed by atoms with Gasteiger partial charge in [0.25, 0.3) is 0 Å². The highest BCUT2D eigenvalue weighted by Gasteiger charge is 2.09. The molecule has 0 radical (unpaired) electrons. The second-order valence-corrected chi connectivity index (χ2v) is 4.28. The highest BCUT2D eigenvalue weighted by atomic mass is 79.9. The van der Waals surface area contributed by atoms with Crippen molar-refractivity contribution in [2.45, 2.75) is 19.4 Å². The first-order chi connectivity index (χ1) is 7.15. The smallest absolute Gasteiger partial charge is 0.147 e. The molecule has 1 aromatic rings. The van der Waals surface area contributed by atoms with Crippen LogP contribution in [0.1, 0.15) is 13.3 Å². The zero-order valence-electron chi connectivity index (χ0n) is 8.89. The molecule has 1 N–H and O–H groups in total. The van der Waals surface area contributed by atoms with Crippen molar-refractivity contribution in [3.8, 4) is 0 Å². The Labute approximate surface area is 98.0 Å². The summed E-state index contributed by atoms with van der Waals surface area (Å²) in [6.07, 6.45) is 0.845. The van der Waals surface area contributed by atoms with Crippen molar-refractivity contribution in [3.63, 3.8) is 0 Å². The molecule has 0 bridgehead atoms. The largest absolute Gasteiger partial charge is 0.385 e. The van der Waals surface area contributed by atoms with Crippen molar-refractivity contribution < 1.29 is 9.13 Å². The maximum absolute atomic E-state index is 13.4. The molecular formula is C11H15BrFNO. The molecule has 1 unspecified atom stereocenters. The molecule has 2 nitrogen and oxygen atoms in total. The van der Waals surface area contributed by atoms with Crippen LogP contribution in [0.15, 0.2) is 22.7 Å². The van der Waals surface area contributed by atoms with E-state index in [9.17, 15) is 4.39 Å². The van der Waals surface area contributed by atoms with E-state index in [-0.39, 0.29) is 11.9 Å². The summed E-state index contributed by atoms with van der Waals surface area (Å²) < 4.78 is 19.1. The van der Waals surface area contributed by atoms with E-state index in [2.05, 4.69) is 21.2 Å². The lowest BCUT2D eigenvalue weighted by Crippen LogP contribution is -2.18. The van der Waals surface area contributed by atoms with E-state index >= 15 is 0 Å². The van der Waals surface area contributed by atoms with Gasteiger partial charge in [0.1, 0.15) is 5.82 Å². The number of anilines is 1. The Bertz CT molecular complexity index is 299. The Balaban J connectivity index is 2.63. The number of methoxy groups -OCH3 is 1. The first-order valence-electron chi connectivity index (χ1n) is 4.84. The minimum absolute atomic E-state index is 0.179. The van der Waals surface area contributed by atoms with Crippen LogP contribution < -0.4 is 5.32 Å². The third kappa shape index (κ3) is 3.80. The van der Waals surface area contributed by atoms with Crippen molar-refractivity contribution >= 4 is 21.6 Å². The first-order valence-corrected chi connectivity index (χ1v) is 5.64. The molecule has 0 aliphatic carbocycles. The number of rotatable bonds is 5. The predicted octanol–water partition coefficient (Wildman–Crippen LogP) is 3.43. The lowest BCUT2D eigenvalue weighted by atomic mass is 10.2. The Morgan fingerprint density at radius 3 is 2.87 bits per heavy atom. The van der Waals surface area contributed by atoms with Gasteiger partial charge >= 0.3 is 0 Å². The van der Waals surface area contributed by atoms with E-state index in [1.807, 2.05) is 13.0 Å². The molecule has 0 aliphatic heterocycles. The Morgan fingerprint density at radius 2 is 2.27 bits per heavy atom. The summed E-state index contributed by atoms with van der Waals surface area (Å²) in [5.41, 5.74) is 0.515. The number of ether oxygens (including phenoxy) is 1. The third-order valence-corrected chi connectivity index (χ3v) is 2.77. The van der Waals surface area contributed by atoms with E-state index in [0.29, 0.717) is 12.3 Å². The molecule has 0 spiro atoms. The Kier molecular flexibility index (Phi) is 5.05. The summed E-state index contributed by atoms with van der Waals surface area (Å²) >= 11 is 3.31. The molecule has 0 fully saturated rings. The van der Waals surface area contributed by atoms with Gasteiger partial charge in [-0.15, -0.1) is 0 Å². The quantitative estimate of drug-likeness (QED) is 0.889. The Morgan fingerprint density at radius 1 is 1.53 bits per heavy atom. The molecule has 0 aliphatic rings. The molecule has 0 saturated heterocycles. The molecule has 0 aromatic heterocycles. The average molecular weight is 276 g/mol. The molecule has 84 valence electrons. The lowest BCUT2D eigenvalue weighted by Gasteiger charge is -2.16. The second-order valence-electron chi connectivity index (χ2n) is 3.42. The standard InChI is InChI=1S/C11H15BrFNO/c1-8(6-7-15-2)14-11-9(12)4-3-5-10(11)13/h3-5,8,14H,6-7H2,1-2H3. The third-order valence-electron chi connectivity index (χ3n) is 2.11. The van der Waals surface area contributed by atoms with E-state index in [1.54, 1.807) is 13.2 Å². The van der Waals surface area contributed by atoms with Gasteiger partial charge in [-0.05, 0) is 41.4 Å². The normalized spacial score (nSPS) is 12.5. The van der Waals surface area contributed by atoms with Crippen molar-refractivity contribution in [1.82, 2.24) is 0 Å². The molecule has 1 atom stereocenters. The number of hydrogen-bond donors (Lipinski definition) is 1. The summed E-state index contributed by atoms with van der Waals surface area (Å²) in [6.45, 7) is 2.66. The molecule has 0 heterocycles. The SMILES string of the molecule is COCCC(C)Nc1c(F)cccc1Br. The van der Waals surface area contributed by atoms with Gasteiger partial charge in [-0.3, -0.25) is 0 Å². The zero-order valence-corrected chi connectivity index (χ0v) is 10.5. The highest BCUT2D eigenvalue weighted by Crippen LogP contribution is 2.26.